The van der Waals surface area contributed by atoms with Gasteiger partial charge in [0.05, 0.1) is 13.2 Å². The quantitative estimate of drug-likeness (QED) is 0.434. The number of amides is 2. The van der Waals surface area contributed by atoms with Crippen molar-refractivity contribution in [3.05, 3.63) is 85.5 Å². The Morgan fingerprint density at radius 1 is 1.12 bits per heavy atom. The third-order valence-electron chi connectivity index (χ3n) is 5.88. The van der Waals surface area contributed by atoms with Crippen LogP contribution >= 0.6 is 34.5 Å². The van der Waals surface area contributed by atoms with Gasteiger partial charge in [0.25, 0.3) is 5.91 Å². The molecule has 1 aliphatic rings. The molecule has 4 rings (SSSR count). The zero-order chi connectivity index (χ0) is 23.5. The fourth-order valence-electron chi connectivity index (χ4n) is 4.14. The summed E-state index contributed by atoms with van der Waals surface area (Å²) in [5, 5.41) is 3.11. The predicted octanol–water partition coefficient (Wildman–Crippen LogP) is 5.70. The van der Waals surface area contributed by atoms with Crippen molar-refractivity contribution in [1.29, 1.82) is 0 Å². The van der Waals surface area contributed by atoms with Gasteiger partial charge < -0.3 is 14.5 Å². The number of thiophene rings is 1. The Kier molecular flexibility index (Phi) is 7.27. The molecule has 1 unspecified atom stereocenters. The Morgan fingerprint density at radius 2 is 1.88 bits per heavy atom. The van der Waals surface area contributed by atoms with Gasteiger partial charge in [-0.25, -0.2) is 0 Å². The van der Waals surface area contributed by atoms with E-state index in [1.54, 1.807) is 59.7 Å². The Bertz CT molecular complexity index is 1160. The minimum Gasteiger partial charge on any atom is -0.497 e. The van der Waals surface area contributed by atoms with Gasteiger partial charge in [-0.1, -0.05) is 29.3 Å². The van der Waals surface area contributed by atoms with Gasteiger partial charge in [0, 0.05) is 33.6 Å². The minimum absolute atomic E-state index is 0.0114. The summed E-state index contributed by atoms with van der Waals surface area (Å²) in [6, 6.07) is 14.0. The molecule has 33 heavy (non-hydrogen) atoms. The van der Waals surface area contributed by atoms with Gasteiger partial charge >= 0.3 is 0 Å². The molecule has 8 heteroatoms. The molecule has 0 N–H and O–H groups in total. The Hall–Kier alpha value is -2.54. The lowest BCUT2D eigenvalue weighted by Crippen LogP contribution is -2.46. The van der Waals surface area contributed by atoms with Crippen molar-refractivity contribution in [1.82, 2.24) is 9.80 Å². The SMILES string of the molecule is CCN(CC(=O)N1CCc2sccc2C1c1ccc(Cl)cc1Cl)C(=O)c1ccc(OC)cc1. The van der Waals surface area contributed by atoms with Crippen LogP contribution < -0.4 is 4.74 Å². The van der Waals surface area contributed by atoms with E-state index < -0.39 is 0 Å². The summed E-state index contributed by atoms with van der Waals surface area (Å²) in [5.41, 5.74) is 2.42. The van der Waals surface area contributed by atoms with Crippen LogP contribution in [0.2, 0.25) is 10.0 Å². The van der Waals surface area contributed by atoms with Crippen LogP contribution in [0.15, 0.2) is 53.9 Å². The standard InChI is InChI=1S/C25H24Cl2N2O3S/c1-3-28(25(31)16-4-7-18(32-2)8-5-16)15-23(30)29-12-10-22-20(11-13-33-22)24(29)19-9-6-17(26)14-21(19)27/h4-9,11,13-14,24H,3,10,12,15H2,1-2H3. The average Bonchev–Trinajstić information content (AvgIpc) is 3.31. The van der Waals surface area contributed by atoms with Crippen LogP contribution in [-0.2, 0) is 11.2 Å². The van der Waals surface area contributed by atoms with Crippen molar-refractivity contribution < 1.29 is 14.3 Å². The van der Waals surface area contributed by atoms with Gasteiger partial charge in [0.2, 0.25) is 5.91 Å². The second-order valence-corrected chi connectivity index (χ2v) is 9.60. The van der Waals surface area contributed by atoms with Crippen molar-refractivity contribution in [2.24, 2.45) is 0 Å². The molecule has 0 fully saturated rings. The fraction of sp³-hybridized carbons (Fsp3) is 0.280. The number of hydrogen-bond donors (Lipinski definition) is 0. The van der Waals surface area contributed by atoms with Gasteiger partial charge in [-0.2, -0.15) is 0 Å². The summed E-state index contributed by atoms with van der Waals surface area (Å²) in [4.78, 5) is 31.3. The number of halogens is 2. The molecule has 1 aromatic heterocycles. The van der Waals surface area contributed by atoms with Crippen molar-refractivity contribution in [3.8, 4) is 5.75 Å². The zero-order valence-corrected chi connectivity index (χ0v) is 20.7. The normalized spacial score (nSPS) is 15.2. The third kappa shape index (κ3) is 4.88. The molecule has 5 nitrogen and oxygen atoms in total. The molecule has 1 atom stereocenters. The lowest BCUT2D eigenvalue weighted by Gasteiger charge is -2.38. The fourth-order valence-corrected chi connectivity index (χ4v) is 5.56. The maximum atomic E-state index is 13.5. The van der Waals surface area contributed by atoms with Crippen molar-refractivity contribution in [3.63, 3.8) is 0 Å². The van der Waals surface area contributed by atoms with Crippen LogP contribution in [0.4, 0.5) is 0 Å². The lowest BCUT2D eigenvalue weighted by molar-refractivity contribution is -0.134. The number of fused-ring (bicyclic) bond motifs is 1. The maximum absolute atomic E-state index is 13.5. The molecule has 0 saturated heterocycles. The molecule has 0 spiro atoms. The Balaban J connectivity index is 1.60. The summed E-state index contributed by atoms with van der Waals surface area (Å²) in [6.07, 6.45) is 0.777. The van der Waals surface area contributed by atoms with E-state index in [2.05, 4.69) is 6.07 Å². The van der Waals surface area contributed by atoms with E-state index in [1.165, 1.54) is 4.88 Å². The highest BCUT2D eigenvalue weighted by molar-refractivity contribution is 7.10. The van der Waals surface area contributed by atoms with Gasteiger partial charge in [-0.15, -0.1) is 11.3 Å². The van der Waals surface area contributed by atoms with Gasteiger partial charge in [0.15, 0.2) is 0 Å². The number of ether oxygens (including phenoxy) is 1. The summed E-state index contributed by atoms with van der Waals surface area (Å²) in [7, 11) is 1.58. The van der Waals surface area contributed by atoms with E-state index in [1.807, 2.05) is 23.3 Å². The number of carbonyl (C=O) groups excluding carboxylic acids is 2. The summed E-state index contributed by atoms with van der Waals surface area (Å²) >= 11 is 14.4. The largest absolute Gasteiger partial charge is 0.497 e. The highest BCUT2D eigenvalue weighted by atomic mass is 35.5. The summed E-state index contributed by atoms with van der Waals surface area (Å²) in [6.45, 7) is 2.84. The molecule has 0 bridgehead atoms. The average molecular weight is 503 g/mol. The van der Waals surface area contributed by atoms with Crippen molar-refractivity contribution >= 4 is 46.4 Å². The molecule has 2 heterocycles. The molecule has 2 amide bonds. The summed E-state index contributed by atoms with van der Waals surface area (Å²) < 4.78 is 5.17. The maximum Gasteiger partial charge on any atom is 0.254 e. The van der Waals surface area contributed by atoms with Crippen LogP contribution in [0.3, 0.4) is 0 Å². The first-order chi connectivity index (χ1) is 15.9. The third-order valence-corrected chi connectivity index (χ3v) is 7.43. The Morgan fingerprint density at radius 3 is 2.55 bits per heavy atom. The topological polar surface area (TPSA) is 49.9 Å². The second-order valence-electron chi connectivity index (χ2n) is 7.75. The first-order valence-corrected chi connectivity index (χ1v) is 12.3. The van der Waals surface area contributed by atoms with E-state index in [9.17, 15) is 9.59 Å². The van der Waals surface area contributed by atoms with Crippen LogP contribution in [0.5, 0.6) is 5.75 Å². The Labute approximate surface area is 207 Å². The molecule has 1 aliphatic heterocycles. The molecular formula is C25H24Cl2N2O3S. The molecule has 0 radical (unpaired) electrons. The van der Waals surface area contributed by atoms with Crippen LogP contribution in [0, 0.1) is 0 Å². The lowest BCUT2D eigenvalue weighted by atomic mass is 9.93. The van der Waals surface area contributed by atoms with Crippen molar-refractivity contribution in [2.75, 3.05) is 26.7 Å². The molecule has 0 aliphatic carbocycles. The molecule has 172 valence electrons. The summed E-state index contributed by atoms with van der Waals surface area (Å²) in [5.74, 6) is 0.364. The number of hydrogen-bond acceptors (Lipinski definition) is 4. The first kappa shape index (κ1) is 23.6. The van der Waals surface area contributed by atoms with Crippen LogP contribution in [0.25, 0.3) is 0 Å². The van der Waals surface area contributed by atoms with Crippen LogP contribution in [0.1, 0.15) is 39.3 Å². The van der Waals surface area contributed by atoms with E-state index in [0.717, 1.165) is 17.5 Å². The van der Waals surface area contributed by atoms with Crippen LogP contribution in [-0.4, -0.2) is 48.4 Å². The number of rotatable bonds is 6. The first-order valence-electron chi connectivity index (χ1n) is 10.7. The highest BCUT2D eigenvalue weighted by Crippen LogP contribution is 2.41. The second kappa shape index (κ2) is 10.2. The van der Waals surface area contributed by atoms with Crippen molar-refractivity contribution in [2.45, 2.75) is 19.4 Å². The van der Waals surface area contributed by atoms with E-state index in [0.29, 0.717) is 34.4 Å². The molecule has 0 saturated carbocycles. The number of methoxy groups -OCH3 is 1. The number of carbonyl (C=O) groups is 2. The number of nitrogens with zero attached hydrogens (tertiary/aromatic N) is 2. The number of benzene rings is 2. The van der Waals surface area contributed by atoms with Gasteiger partial charge in [0.1, 0.15) is 12.3 Å². The van der Waals surface area contributed by atoms with E-state index in [-0.39, 0.29) is 24.4 Å². The highest BCUT2D eigenvalue weighted by Gasteiger charge is 2.35. The zero-order valence-electron chi connectivity index (χ0n) is 18.4. The number of likely N-dealkylation sites (N-methyl/N-ethyl adjacent to an activating group) is 1. The van der Waals surface area contributed by atoms with Gasteiger partial charge in [-0.05, 0) is 72.3 Å². The van der Waals surface area contributed by atoms with E-state index in [4.69, 9.17) is 27.9 Å². The smallest absolute Gasteiger partial charge is 0.254 e. The predicted molar refractivity (Wildman–Crippen MR) is 133 cm³/mol. The molecule has 3 aromatic rings. The van der Waals surface area contributed by atoms with Gasteiger partial charge in [-0.3, -0.25) is 9.59 Å². The minimum atomic E-state index is -0.313. The monoisotopic (exact) mass is 502 g/mol. The molecule has 2 aromatic carbocycles. The molecular weight excluding hydrogens is 479 g/mol. The van der Waals surface area contributed by atoms with E-state index >= 15 is 0 Å².